The summed E-state index contributed by atoms with van der Waals surface area (Å²) in [4.78, 5) is 34.3. The Kier molecular flexibility index (Phi) is 6.55. The third-order valence-electron chi connectivity index (χ3n) is 3.68. The van der Waals surface area contributed by atoms with E-state index in [1.54, 1.807) is 6.07 Å². The van der Waals surface area contributed by atoms with Gasteiger partial charge in [-0.05, 0) is 12.1 Å². The predicted molar refractivity (Wildman–Crippen MR) is 90.0 cm³/mol. The first-order chi connectivity index (χ1) is 12.6. The van der Waals surface area contributed by atoms with Crippen LogP contribution in [0.1, 0.15) is 20.8 Å². The smallest absolute Gasteiger partial charge is 0.303 e. The zero-order chi connectivity index (χ0) is 20.2. The highest BCUT2D eigenvalue weighted by molar-refractivity contribution is 7.92. The van der Waals surface area contributed by atoms with Crippen LogP contribution in [0, 0.1) is 0 Å². The van der Waals surface area contributed by atoms with Crippen molar-refractivity contribution in [1.29, 1.82) is 0 Å². The van der Waals surface area contributed by atoms with Crippen molar-refractivity contribution in [2.45, 2.75) is 49.4 Å². The van der Waals surface area contributed by atoms with Crippen molar-refractivity contribution in [1.82, 2.24) is 0 Å². The minimum Gasteiger partial charge on any atom is -0.456 e. The van der Waals surface area contributed by atoms with Crippen LogP contribution in [-0.2, 0) is 43.2 Å². The van der Waals surface area contributed by atoms with E-state index >= 15 is 0 Å². The van der Waals surface area contributed by atoms with Crippen LogP contribution in [0.15, 0.2) is 35.2 Å². The Bertz CT molecular complexity index is 803. The number of esters is 3. The van der Waals surface area contributed by atoms with Crippen LogP contribution in [0.4, 0.5) is 0 Å². The maximum Gasteiger partial charge on any atom is 0.303 e. The minimum atomic E-state index is -4.11. The second-order valence-electron chi connectivity index (χ2n) is 5.86. The lowest BCUT2D eigenvalue weighted by atomic mass is 10.1. The normalized spacial score (nSPS) is 25.3. The first-order valence-electron chi connectivity index (χ1n) is 8.05. The first kappa shape index (κ1) is 20.8. The van der Waals surface area contributed by atoms with E-state index in [0.29, 0.717) is 0 Å². The van der Waals surface area contributed by atoms with Gasteiger partial charge >= 0.3 is 17.9 Å². The van der Waals surface area contributed by atoms with Crippen molar-refractivity contribution in [3.63, 3.8) is 0 Å². The molecule has 1 aliphatic heterocycles. The fourth-order valence-electron chi connectivity index (χ4n) is 2.72. The Hall–Kier alpha value is -2.46. The molecule has 1 saturated heterocycles. The van der Waals surface area contributed by atoms with Crippen LogP contribution < -0.4 is 0 Å². The molecule has 0 radical (unpaired) electrons. The summed E-state index contributed by atoms with van der Waals surface area (Å²) in [6.07, 6.45) is -3.99. The molecule has 0 saturated carbocycles. The molecule has 0 amide bonds. The van der Waals surface area contributed by atoms with Crippen LogP contribution in [0.3, 0.4) is 0 Å². The van der Waals surface area contributed by atoms with E-state index in [1.807, 2.05) is 0 Å². The van der Waals surface area contributed by atoms with Gasteiger partial charge in [-0.15, -0.1) is 0 Å². The Morgan fingerprint density at radius 2 is 1.41 bits per heavy atom. The third-order valence-corrected chi connectivity index (χ3v) is 5.63. The first-order valence-corrected chi connectivity index (χ1v) is 9.59. The lowest BCUT2D eigenvalue weighted by molar-refractivity contribution is -0.214. The summed E-state index contributed by atoms with van der Waals surface area (Å²) < 4.78 is 46.7. The Morgan fingerprint density at radius 1 is 0.889 bits per heavy atom. The fraction of sp³-hybridized carbons (Fsp3) is 0.471. The van der Waals surface area contributed by atoms with Crippen LogP contribution >= 0.6 is 0 Å². The van der Waals surface area contributed by atoms with Gasteiger partial charge in [0.25, 0.3) is 0 Å². The highest BCUT2D eigenvalue weighted by Gasteiger charge is 2.52. The number of carbonyl (C=O) groups excluding carboxylic acids is 3. The highest BCUT2D eigenvalue weighted by Crippen LogP contribution is 2.30. The van der Waals surface area contributed by atoms with Crippen LogP contribution in [0.25, 0.3) is 0 Å². The van der Waals surface area contributed by atoms with Gasteiger partial charge in [0.15, 0.2) is 18.3 Å². The van der Waals surface area contributed by atoms with Crippen molar-refractivity contribution in [2.75, 3.05) is 6.61 Å². The zero-order valence-corrected chi connectivity index (χ0v) is 15.8. The van der Waals surface area contributed by atoms with Crippen molar-refractivity contribution in [3.05, 3.63) is 30.3 Å². The van der Waals surface area contributed by atoms with E-state index in [-0.39, 0.29) is 11.5 Å². The van der Waals surface area contributed by atoms with Gasteiger partial charge in [-0.2, -0.15) is 0 Å². The fourth-order valence-corrected chi connectivity index (χ4v) is 4.35. The van der Waals surface area contributed by atoms with Crippen LogP contribution in [-0.4, -0.2) is 56.7 Å². The summed E-state index contributed by atoms with van der Waals surface area (Å²) in [7, 11) is -4.11. The predicted octanol–water partition coefficient (Wildman–Crippen LogP) is 0.612. The molecule has 0 N–H and O–H groups in total. The molecular formula is C17H20O9S. The summed E-state index contributed by atoms with van der Waals surface area (Å²) in [5.41, 5.74) is -1.64. The van der Waals surface area contributed by atoms with Gasteiger partial charge in [0.1, 0.15) is 0 Å². The van der Waals surface area contributed by atoms with E-state index in [4.69, 9.17) is 18.9 Å². The quantitative estimate of drug-likeness (QED) is 0.517. The Labute approximate surface area is 156 Å². The molecule has 1 aromatic rings. The number of carbonyl (C=O) groups is 3. The van der Waals surface area contributed by atoms with Crippen LogP contribution in [0.2, 0.25) is 0 Å². The van der Waals surface area contributed by atoms with E-state index in [2.05, 4.69) is 0 Å². The van der Waals surface area contributed by atoms with Gasteiger partial charge in [-0.25, -0.2) is 8.42 Å². The topological polar surface area (TPSA) is 122 Å². The maximum absolute atomic E-state index is 13.0. The van der Waals surface area contributed by atoms with Gasteiger partial charge in [-0.3, -0.25) is 14.4 Å². The number of sulfone groups is 1. The summed E-state index contributed by atoms with van der Waals surface area (Å²) in [6, 6.07) is 7.43. The maximum atomic E-state index is 13.0. The molecule has 9 nitrogen and oxygen atoms in total. The summed E-state index contributed by atoms with van der Waals surface area (Å²) in [6.45, 7) is 2.96. The summed E-state index contributed by atoms with van der Waals surface area (Å²) >= 11 is 0. The molecule has 4 atom stereocenters. The average Bonchev–Trinajstić information content (AvgIpc) is 2.57. The minimum absolute atomic E-state index is 0.0559. The molecule has 0 aliphatic carbocycles. The number of ether oxygens (including phenoxy) is 4. The Balaban J connectivity index is 2.46. The highest BCUT2D eigenvalue weighted by atomic mass is 32.2. The molecule has 10 heteroatoms. The molecule has 1 fully saturated rings. The molecular weight excluding hydrogens is 380 g/mol. The monoisotopic (exact) mass is 400 g/mol. The molecule has 148 valence electrons. The van der Waals surface area contributed by atoms with Crippen molar-refractivity contribution in [2.24, 2.45) is 0 Å². The van der Waals surface area contributed by atoms with E-state index in [1.165, 1.54) is 24.3 Å². The van der Waals surface area contributed by atoms with Gasteiger partial charge in [0.05, 0.1) is 11.5 Å². The lowest BCUT2D eigenvalue weighted by Crippen LogP contribution is -2.59. The van der Waals surface area contributed by atoms with Crippen LogP contribution in [0.5, 0.6) is 0 Å². The SMILES string of the molecule is CC(=O)O[C@H]1[C@H](OC(C)=O)[C@@H](S(=O)(=O)c2ccccc2)OC[C@H]1OC(C)=O. The molecule has 1 aromatic carbocycles. The average molecular weight is 400 g/mol. The van der Waals surface area contributed by atoms with Crippen molar-refractivity contribution in [3.8, 4) is 0 Å². The largest absolute Gasteiger partial charge is 0.456 e. The molecule has 2 rings (SSSR count). The van der Waals surface area contributed by atoms with Gasteiger partial charge in [0.2, 0.25) is 15.3 Å². The van der Waals surface area contributed by atoms with Gasteiger partial charge < -0.3 is 18.9 Å². The number of benzene rings is 1. The lowest BCUT2D eigenvalue weighted by Gasteiger charge is -2.40. The second-order valence-corrected chi connectivity index (χ2v) is 7.88. The number of hydrogen-bond donors (Lipinski definition) is 0. The standard InChI is InChI=1S/C17H20O9S/c1-10(18)24-14-9-23-17(27(21,22)13-7-5-4-6-8-13)16(26-12(3)20)15(14)25-11(2)19/h4-8,14-17H,9H2,1-3H3/t14-,15-,16+,17-/m1/s1. The molecule has 1 heterocycles. The summed E-state index contributed by atoms with van der Waals surface area (Å²) in [5, 5.41) is 0. The number of hydrogen-bond acceptors (Lipinski definition) is 9. The molecule has 0 aromatic heterocycles. The summed E-state index contributed by atoms with van der Waals surface area (Å²) in [5.74, 6) is -2.25. The molecule has 27 heavy (non-hydrogen) atoms. The number of rotatable bonds is 5. The van der Waals surface area contributed by atoms with Crippen molar-refractivity contribution >= 4 is 27.7 Å². The van der Waals surface area contributed by atoms with E-state index < -0.39 is 51.5 Å². The molecule has 0 bridgehead atoms. The van der Waals surface area contributed by atoms with Crippen molar-refractivity contribution < 1.29 is 41.7 Å². The Morgan fingerprint density at radius 3 is 1.93 bits per heavy atom. The van der Waals surface area contributed by atoms with Gasteiger partial charge in [0, 0.05) is 20.8 Å². The van der Waals surface area contributed by atoms with Gasteiger partial charge in [-0.1, -0.05) is 18.2 Å². The van der Waals surface area contributed by atoms with E-state index in [0.717, 1.165) is 20.8 Å². The molecule has 0 spiro atoms. The zero-order valence-electron chi connectivity index (χ0n) is 15.0. The molecule has 1 aliphatic rings. The third kappa shape index (κ3) is 5.04. The van der Waals surface area contributed by atoms with E-state index in [9.17, 15) is 22.8 Å². The second kappa shape index (κ2) is 8.49. The molecule has 0 unspecified atom stereocenters.